The molecule has 2 aliphatic heterocycles. The number of nitrogens with zero attached hydrogens (tertiary/aromatic N) is 5. The van der Waals surface area contributed by atoms with Crippen molar-refractivity contribution in [3.05, 3.63) is 41.7 Å². The van der Waals surface area contributed by atoms with Crippen LogP contribution in [0.1, 0.15) is 31.2 Å². The summed E-state index contributed by atoms with van der Waals surface area (Å²) >= 11 is 1.60. The molecule has 4 heterocycles. The lowest BCUT2D eigenvalue weighted by molar-refractivity contribution is -0.142. The van der Waals surface area contributed by atoms with Gasteiger partial charge in [-0.05, 0) is 50.3 Å². The Morgan fingerprint density at radius 3 is 2.58 bits per heavy atom. The first kappa shape index (κ1) is 19.0. The van der Waals surface area contributed by atoms with E-state index in [-0.39, 0.29) is 17.9 Å². The second-order valence-corrected chi connectivity index (χ2v) is 9.82. The number of carbonyl (C=O) groups is 1. The quantitative estimate of drug-likeness (QED) is 0.625. The summed E-state index contributed by atoms with van der Waals surface area (Å²) in [5.41, 5.74) is 3.89. The molecule has 7 nitrogen and oxygen atoms in total. The number of aryl methyl sites for hydroxylation is 1. The molecule has 1 aromatic carbocycles. The number of likely N-dealkylation sites (tertiary alicyclic amines) is 1. The molecule has 6 rings (SSSR count). The SMILES string of the molecule is Cc1cnc(N2C3CCC2CN(C(=O)C2CC(Oc4cccc5ncsc45)C2)C3)nc1. The summed E-state index contributed by atoms with van der Waals surface area (Å²) in [5.74, 6) is 2.06. The van der Waals surface area contributed by atoms with E-state index in [9.17, 15) is 4.79 Å². The first-order valence-electron chi connectivity index (χ1n) is 11.0. The van der Waals surface area contributed by atoms with E-state index in [1.165, 1.54) is 0 Å². The largest absolute Gasteiger partial charge is 0.489 e. The predicted molar refractivity (Wildman–Crippen MR) is 119 cm³/mol. The molecule has 3 aromatic rings. The zero-order valence-corrected chi connectivity index (χ0v) is 18.3. The molecule has 31 heavy (non-hydrogen) atoms. The molecule has 0 radical (unpaired) electrons. The van der Waals surface area contributed by atoms with Crippen LogP contribution in [0, 0.1) is 12.8 Å². The highest BCUT2D eigenvalue weighted by molar-refractivity contribution is 7.17. The number of rotatable bonds is 4. The van der Waals surface area contributed by atoms with E-state index in [4.69, 9.17) is 4.74 Å². The summed E-state index contributed by atoms with van der Waals surface area (Å²) in [5, 5.41) is 0. The topological polar surface area (TPSA) is 71.5 Å². The highest BCUT2D eigenvalue weighted by Crippen LogP contribution is 2.38. The van der Waals surface area contributed by atoms with Crippen molar-refractivity contribution in [1.82, 2.24) is 19.9 Å². The fourth-order valence-electron chi connectivity index (χ4n) is 5.18. The van der Waals surface area contributed by atoms with Crippen molar-refractivity contribution >= 4 is 33.4 Å². The highest BCUT2D eigenvalue weighted by atomic mass is 32.1. The van der Waals surface area contributed by atoms with Crippen LogP contribution >= 0.6 is 11.3 Å². The average molecular weight is 436 g/mol. The molecule has 1 saturated carbocycles. The molecule has 2 aromatic heterocycles. The first-order chi connectivity index (χ1) is 15.2. The Morgan fingerprint density at radius 1 is 1.10 bits per heavy atom. The van der Waals surface area contributed by atoms with Crippen molar-refractivity contribution in [1.29, 1.82) is 0 Å². The lowest BCUT2D eigenvalue weighted by atomic mass is 9.81. The van der Waals surface area contributed by atoms with Crippen molar-refractivity contribution in [2.45, 2.75) is 50.8 Å². The van der Waals surface area contributed by atoms with Gasteiger partial charge in [0.2, 0.25) is 11.9 Å². The standard InChI is InChI=1S/C23H25N5O2S/c1-14-9-24-23(25-10-14)28-16-5-6-17(28)12-27(11-16)22(29)15-7-18(8-15)30-20-4-2-3-19-21(20)31-13-26-19/h2-4,9-10,13,15-18H,5-8,11-12H2,1H3. The van der Waals surface area contributed by atoms with Gasteiger partial charge in [0.1, 0.15) is 11.9 Å². The minimum atomic E-state index is 0.0761. The van der Waals surface area contributed by atoms with Crippen LogP contribution in [-0.4, -0.2) is 57.0 Å². The van der Waals surface area contributed by atoms with Crippen molar-refractivity contribution in [3.8, 4) is 5.75 Å². The molecule has 3 fully saturated rings. The number of amides is 1. The fraction of sp³-hybridized carbons (Fsp3) is 0.478. The molecular formula is C23H25N5O2S. The number of hydrogen-bond acceptors (Lipinski definition) is 7. The Morgan fingerprint density at radius 2 is 1.84 bits per heavy atom. The average Bonchev–Trinajstić information content (AvgIpc) is 3.33. The Balaban J connectivity index is 1.07. The Kier molecular flexibility index (Phi) is 4.56. The van der Waals surface area contributed by atoms with Gasteiger partial charge in [0.05, 0.1) is 15.7 Å². The molecule has 0 spiro atoms. The smallest absolute Gasteiger partial charge is 0.226 e. The molecule has 2 unspecified atom stereocenters. The molecule has 2 bridgehead atoms. The predicted octanol–water partition coefficient (Wildman–Crippen LogP) is 3.43. The number of anilines is 1. The number of carbonyl (C=O) groups excluding carboxylic acids is 1. The molecule has 8 heteroatoms. The van der Waals surface area contributed by atoms with Crippen LogP contribution < -0.4 is 9.64 Å². The summed E-state index contributed by atoms with van der Waals surface area (Å²) in [6, 6.07) is 6.62. The monoisotopic (exact) mass is 435 g/mol. The lowest BCUT2D eigenvalue weighted by Gasteiger charge is -2.44. The van der Waals surface area contributed by atoms with E-state index in [0.717, 1.165) is 66.3 Å². The fourth-order valence-corrected chi connectivity index (χ4v) is 5.93. The van der Waals surface area contributed by atoms with Crippen LogP contribution in [0.5, 0.6) is 5.75 Å². The second-order valence-electron chi connectivity index (χ2n) is 8.96. The number of benzene rings is 1. The van der Waals surface area contributed by atoms with E-state index >= 15 is 0 Å². The van der Waals surface area contributed by atoms with Gasteiger partial charge in [0.25, 0.3) is 0 Å². The molecular weight excluding hydrogens is 410 g/mol. The third-order valence-electron chi connectivity index (χ3n) is 6.85. The molecule has 2 atom stereocenters. The Labute approximate surface area is 185 Å². The van der Waals surface area contributed by atoms with Gasteiger partial charge in [0.15, 0.2) is 0 Å². The minimum Gasteiger partial charge on any atom is -0.489 e. The second kappa shape index (κ2) is 7.44. The number of aromatic nitrogens is 3. The number of hydrogen-bond donors (Lipinski definition) is 0. The van der Waals surface area contributed by atoms with Crippen LogP contribution in [0.4, 0.5) is 5.95 Å². The summed E-state index contributed by atoms with van der Waals surface area (Å²) in [7, 11) is 0. The van der Waals surface area contributed by atoms with Gasteiger partial charge in [0, 0.05) is 43.5 Å². The molecule has 0 N–H and O–H groups in total. The van der Waals surface area contributed by atoms with Crippen LogP contribution in [0.2, 0.25) is 0 Å². The van der Waals surface area contributed by atoms with Gasteiger partial charge in [-0.15, -0.1) is 11.3 Å². The zero-order chi connectivity index (χ0) is 20.9. The van der Waals surface area contributed by atoms with Gasteiger partial charge >= 0.3 is 0 Å². The van der Waals surface area contributed by atoms with Gasteiger partial charge in [-0.2, -0.15) is 0 Å². The van der Waals surface area contributed by atoms with Crippen LogP contribution in [-0.2, 0) is 4.79 Å². The summed E-state index contributed by atoms with van der Waals surface area (Å²) in [4.78, 5) is 31.0. The zero-order valence-electron chi connectivity index (χ0n) is 17.5. The number of fused-ring (bicyclic) bond motifs is 3. The minimum absolute atomic E-state index is 0.0761. The summed E-state index contributed by atoms with van der Waals surface area (Å²) < 4.78 is 7.29. The molecule has 2 saturated heterocycles. The van der Waals surface area contributed by atoms with Gasteiger partial charge in [-0.25, -0.2) is 15.0 Å². The highest BCUT2D eigenvalue weighted by Gasteiger charge is 2.46. The Bertz CT molecular complexity index is 1100. The maximum absolute atomic E-state index is 13.2. The number of thiazole rings is 1. The van der Waals surface area contributed by atoms with Crippen LogP contribution in [0.25, 0.3) is 10.2 Å². The third-order valence-corrected chi connectivity index (χ3v) is 7.71. The summed E-state index contributed by atoms with van der Waals surface area (Å²) in [6.45, 7) is 3.55. The third kappa shape index (κ3) is 3.33. The van der Waals surface area contributed by atoms with E-state index in [1.54, 1.807) is 11.3 Å². The molecule has 3 aliphatic rings. The van der Waals surface area contributed by atoms with Crippen molar-refractivity contribution in [3.63, 3.8) is 0 Å². The van der Waals surface area contributed by atoms with Gasteiger partial charge < -0.3 is 14.5 Å². The maximum Gasteiger partial charge on any atom is 0.226 e. The molecule has 160 valence electrons. The number of ether oxygens (including phenoxy) is 1. The van der Waals surface area contributed by atoms with Gasteiger partial charge in [-0.3, -0.25) is 4.79 Å². The van der Waals surface area contributed by atoms with Crippen molar-refractivity contribution < 1.29 is 9.53 Å². The van der Waals surface area contributed by atoms with Crippen LogP contribution in [0.15, 0.2) is 36.1 Å². The first-order valence-corrected chi connectivity index (χ1v) is 11.9. The van der Waals surface area contributed by atoms with E-state index in [1.807, 2.05) is 43.0 Å². The summed E-state index contributed by atoms with van der Waals surface area (Å²) in [6.07, 6.45) is 7.65. The van der Waals surface area contributed by atoms with Gasteiger partial charge in [-0.1, -0.05) is 6.07 Å². The van der Waals surface area contributed by atoms with Crippen LogP contribution in [0.3, 0.4) is 0 Å². The lowest BCUT2D eigenvalue weighted by Crippen LogP contribution is -2.58. The Hall–Kier alpha value is -2.74. The molecule has 1 amide bonds. The van der Waals surface area contributed by atoms with Crippen molar-refractivity contribution in [2.75, 3.05) is 18.0 Å². The normalized spacial score (nSPS) is 27.4. The van der Waals surface area contributed by atoms with E-state index < -0.39 is 0 Å². The molecule has 1 aliphatic carbocycles. The van der Waals surface area contributed by atoms with Crippen molar-refractivity contribution in [2.24, 2.45) is 5.92 Å². The van der Waals surface area contributed by atoms with E-state index in [2.05, 4.69) is 24.8 Å². The number of piperazine rings is 1. The van der Waals surface area contributed by atoms with E-state index in [0.29, 0.717) is 12.1 Å². The maximum atomic E-state index is 13.2.